The van der Waals surface area contributed by atoms with Crippen LogP contribution in [0.2, 0.25) is 0 Å². The summed E-state index contributed by atoms with van der Waals surface area (Å²) in [5.41, 5.74) is 2.23. The zero-order valence-electron chi connectivity index (χ0n) is 19.4. The predicted octanol–water partition coefficient (Wildman–Crippen LogP) is 2.53. The summed E-state index contributed by atoms with van der Waals surface area (Å²) < 4.78 is 6.35. The molecule has 4 N–H and O–H groups in total. The number of carbonyl (C=O) groups excluding carboxylic acids is 1. The number of aryl methyl sites for hydroxylation is 1. The number of carboxylic acids is 1. The van der Waals surface area contributed by atoms with Gasteiger partial charge < -0.3 is 30.5 Å². The molecule has 180 valence electrons. The van der Waals surface area contributed by atoms with Gasteiger partial charge in [0.05, 0.1) is 19.1 Å². The standard InChI is InChI=1S/C25H35N3O5/c1-18-7-3-4-8-21(18)22-9-5-12-25(19(22)2,27-24(32)26-13-10-23(30)31)33-16-6-14-28-15-11-20(29)17-28/h3-5,7-9,12,19-20,29H,6,10-11,13-17H2,1-2H3,(H,30,31)(H2,26,27,32)/t19-,20?,25?/m1/s1. The van der Waals surface area contributed by atoms with Gasteiger partial charge in [0.15, 0.2) is 5.72 Å². The highest BCUT2D eigenvalue weighted by atomic mass is 16.5. The van der Waals surface area contributed by atoms with Gasteiger partial charge in [-0.3, -0.25) is 4.79 Å². The number of nitrogens with zero attached hydrogens (tertiary/aromatic N) is 1. The fourth-order valence-corrected chi connectivity index (χ4v) is 4.44. The minimum atomic E-state index is -1.07. The van der Waals surface area contributed by atoms with Crippen LogP contribution in [0.5, 0.6) is 0 Å². The highest BCUT2D eigenvalue weighted by Crippen LogP contribution is 2.38. The van der Waals surface area contributed by atoms with Crippen LogP contribution in [0.15, 0.2) is 42.5 Å². The third-order valence-electron chi connectivity index (χ3n) is 6.33. The molecule has 1 aliphatic carbocycles. The number of urea groups is 1. The molecule has 0 spiro atoms. The number of benzene rings is 1. The van der Waals surface area contributed by atoms with E-state index in [1.165, 1.54) is 0 Å². The molecular weight excluding hydrogens is 422 g/mol. The van der Waals surface area contributed by atoms with Crippen molar-refractivity contribution >= 4 is 17.6 Å². The van der Waals surface area contributed by atoms with Gasteiger partial charge >= 0.3 is 12.0 Å². The first-order valence-electron chi connectivity index (χ1n) is 11.6. The van der Waals surface area contributed by atoms with Crippen LogP contribution in [0.25, 0.3) is 5.57 Å². The normalized spacial score (nSPS) is 25.0. The van der Waals surface area contributed by atoms with Crippen molar-refractivity contribution in [2.75, 3.05) is 32.8 Å². The van der Waals surface area contributed by atoms with Crippen LogP contribution < -0.4 is 10.6 Å². The average Bonchev–Trinajstić information content (AvgIpc) is 3.18. The maximum atomic E-state index is 12.6. The van der Waals surface area contributed by atoms with E-state index in [2.05, 4.69) is 34.6 Å². The van der Waals surface area contributed by atoms with Crippen LogP contribution in [0.3, 0.4) is 0 Å². The largest absolute Gasteiger partial charge is 0.481 e. The van der Waals surface area contributed by atoms with Crippen molar-refractivity contribution < 1.29 is 24.5 Å². The lowest BCUT2D eigenvalue weighted by Crippen LogP contribution is -2.57. The topological polar surface area (TPSA) is 111 Å². The highest BCUT2D eigenvalue weighted by Gasteiger charge is 2.40. The van der Waals surface area contributed by atoms with E-state index in [0.717, 1.165) is 42.6 Å². The molecule has 1 aromatic rings. The van der Waals surface area contributed by atoms with Crippen LogP contribution in [-0.2, 0) is 9.53 Å². The van der Waals surface area contributed by atoms with E-state index in [9.17, 15) is 14.7 Å². The quantitative estimate of drug-likeness (QED) is 0.317. The van der Waals surface area contributed by atoms with Crippen LogP contribution in [0, 0.1) is 12.8 Å². The number of carbonyl (C=O) groups is 2. The SMILES string of the molecule is Cc1ccccc1C1=CC=CC(NC(=O)NCCC(=O)O)(OCCCN2CCC(O)C2)[C@@H]1C. The summed E-state index contributed by atoms with van der Waals surface area (Å²) in [5, 5.41) is 24.1. The summed E-state index contributed by atoms with van der Waals surface area (Å²) in [7, 11) is 0. The molecule has 8 nitrogen and oxygen atoms in total. The molecule has 1 saturated heterocycles. The number of rotatable bonds is 10. The molecule has 2 amide bonds. The highest BCUT2D eigenvalue weighted by molar-refractivity contribution is 5.79. The summed E-state index contributed by atoms with van der Waals surface area (Å²) in [4.78, 5) is 25.6. The summed E-state index contributed by atoms with van der Waals surface area (Å²) in [5.74, 6) is -1.15. The second kappa shape index (κ2) is 11.4. The van der Waals surface area contributed by atoms with E-state index < -0.39 is 17.7 Å². The fourth-order valence-electron chi connectivity index (χ4n) is 4.44. The molecule has 0 bridgehead atoms. The van der Waals surface area contributed by atoms with Gasteiger partial charge in [-0.15, -0.1) is 0 Å². The molecule has 3 rings (SSSR count). The third kappa shape index (κ3) is 6.66. The van der Waals surface area contributed by atoms with Crippen LogP contribution in [0.4, 0.5) is 4.79 Å². The lowest BCUT2D eigenvalue weighted by atomic mass is 9.80. The van der Waals surface area contributed by atoms with Crippen molar-refractivity contribution in [3.8, 4) is 0 Å². The summed E-state index contributed by atoms with van der Waals surface area (Å²) >= 11 is 0. The fraction of sp³-hybridized carbons (Fsp3) is 0.520. The van der Waals surface area contributed by atoms with E-state index >= 15 is 0 Å². The first-order chi connectivity index (χ1) is 15.8. The van der Waals surface area contributed by atoms with E-state index in [1.54, 1.807) is 0 Å². The maximum Gasteiger partial charge on any atom is 0.317 e. The molecule has 0 saturated carbocycles. The molecule has 0 radical (unpaired) electrons. The van der Waals surface area contributed by atoms with E-state index in [4.69, 9.17) is 9.84 Å². The Morgan fingerprint density at radius 2 is 2.09 bits per heavy atom. The Bertz CT molecular complexity index is 900. The van der Waals surface area contributed by atoms with E-state index in [0.29, 0.717) is 13.2 Å². The number of aliphatic hydroxyl groups is 1. The molecule has 1 fully saturated rings. The van der Waals surface area contributed by atoms with Crippen molar-refractivity contribution in [3.05, 3.63) is 53.6 Å². The summed E-state index contributed by atoms with van der Waals surface area (Å²) in [6, 6.07) is 7.64. The lowest BCUT2D eigenvalue weighted by Gasteiger charge is -2.40. The summed E-state index contributed by atoms with van der Waals surface area (Å²) in [6.07, 6.45) is 6.96. The summed E-state index contributed by atoms with van der Waals surface area (Å²) in [6.45, 7) is 6.93. The minimum absolute atomic E-state index is 0.0348. The molecular formula is C25H35N3O5. The van der Waals surface area contributed by atoms with Gasteiger partial charge in [0.1, 0.15) is 0 Å². The number of nitrogens with one attached hydrogen (secondary N) is 2. The Labute approximate surface area is 195 Å². The van der Waals surface area contributed by atoms with Crippen molar-refractivity contribution in [2.24, 2.45) is 5.92 Å². The Morgan fingerprint density at radius 1 is 1.30 bits per heavy atom. The van der Waals surface area contributed by atoms with Crippen molar-refractivity contribution in [3.63, 3.8) is 0 Å². The van der Waals surface area contributed by atoms with Crippen LogP contribution >= 0.6 is 0 Å². The zero-order chi connectivity index (χ0) is 23.8. The molecule has 33 heavy (non-hydrogen) atoms. The van der Waals surface area contributed by atoms with Crippen LogP contribution in [-0.4, -0.2) is 71.7 Å². The number of aliphatic carboxylic acids is 1. The zero-order valence-corrected chi connectivity index (χ0v) is 19.4. The van der Waals surface area contributed by atoms with Crippen LogP contribution in [0.1, 0.15) is 37.3 Å². The van der Waals surface area contributed by atoms with Gasteiger partial charge in [-0.1, -0.05) is 43.3 Å². The molecule has 3 atom stereocenters. The average molecular weight is 458 g/mol. The minimum Gasteiger partial charge on any atom is -0.481 e. The number of allylic oxidation sites excluding steroid dienone is 2. The monoisotopic (exact) mass is 457 g/mol. The van der Waals surface area contributed by atoms with Crippen molar-refractivity contribution in [1.82, 2.24) is 15.5 Å². The van der Waals surface area contributed by atoms with Gasteiger partial charge in [0.2, 0.25) is 0 Å². The Kier molecular flexibility index (Phi) is 8.66. The maximum absolute atomic E-state index is 12.6. The molecule has 0 aromatic heterocycles. The molecule has 1 heterocycles. The molecule has 2 aliphatic rings. The number of ether oxygens (including phenoxy) is 1. The number of likely N-dealkylation sites (tertiary alicyclic amines) is 1. The third-order valence-corrected chi connectivity index (χ3v) is 6.33. The first kappa shape index (κ1) is 25.0. The second-order valence-corrected chi connectivity index (χ2v) is 8.78. The lowest BCUT2D eigenvalue weighted by molar-refractivity contribution is -0.136. The van der Waals surface area contributed by atoms with E-state index in [-0.39, 0.29) is 25.0 Å². The van der Waals surface area contributed by atoms with Gasteiger partial charge in [-0.05, 0) is 42.5 Å². The van der Waals surface area contributed by atoms with Gasteiger partial charge in [0.25, 0.3) is 0 Å². The number of hydrogen-bond donors (Lipinski definition) is 4. The van der Waals surface area contributed by atoms with Crippen molar-refractivity contribution in [1.29, 1.82) is 0 Å². The molecule has 1 aromatic carbocycles. The Morgan fingerprint density at radius 3 is 2.79 bits per heavy atom. The molecule has 8 heteroatoms. The Hall–Kier alpha value is -2.68. The first-order valence-corrected chi connectivity index (χ1v) is 11.6. The predicted molar refractivity (Wildman–Crippen MR) is 127 cm³/mol. The number of amides is 2. The van der Waals surface area contributed by atoms with Gasteiger partial charge in [-0.25, -0.2) is 4.79 Å². The Balaban J connectivity index is 1.71. The van der Waals surface area contributed by atoms with E-state index in [1.807, 2.05) is 37.3 Å². The number of carboxylic acid groups (broad SMARTS) is 1. The smallest absolute Gasteiger partial charge is 0.317 e. The molecule has 2 unspecified atom stereocenters. The second-order valence-electron chi connectivity index (χ2n) is 8.78. The number of aliphatic hydroxyl groups excluding tert-OH is 1. The number of β-amino-alcohol motifs (C(OH)–C–C–N with tert-alkyl or cyclic N) is 1. The van der Waals surface area contributed by atoms with Crippen molar-refractivity contribution in [2.45, 2.75) is 44.9 Å². The molecule has 1 aliphatic heterocycles. The van der Waals surface area contributed by atoms with Gasteiger partial charge in [0, 0.05) is 32.1 Å². The number of hydrogen-bond acceptors (Lipinski definition) is 5. The van der Waals surface area contributed by atoms with Gasteiger partial charge in [-0.2, -0.15) is 0 Å².